The first-order valence-electron chi connectivity index (χ1n) is 9.30. The summed E-state index contributed by atoms with van der Waals surface area (Å²) in [5, 5.41) is 18.4. The van der Waals surface area contributed by atoms with Crippen molar-refractivity contribution in [1.29, 1.82) is 0 Å². The standard InChI is InChI=1S/C22H17N5O2S/c1-13-24-25-22-27(13)26-21(30-22)15-10-11-19(29-2)18(12-15)23-20(28)17-9-5-7-14-6-3-4-8-16(14)17/h3-12H,1-2H3,(H,23,28). The maximum Gasteiger partial charge on any atom is 0.256 e. The van der Waals surface area contributed by atoms with Gasteiger partial charge in [-0.05, 0) is 42.0 Å². The number of ether oxygens (including phenoxy) is 1. The molecule has 148 valence electrons. The van der Waals surface area contributed by atoms with Crippen LogP contribution in [0, 0.1) is 6.92 Å². The van der Waals surface area contributed by atoms with E-state index in [2.05, 4.69) is 20.6 Å². The van der Waals surface area contributed by atoms with E-state index in [0.717, 1.165) is 32.1 Å². The van der Waals surface area contributed by atoms with Crippen molar-refractivity contribution in [1.82, 2.24) is 19.8 Å². The Labute approximate surface area is 176 Å². The topological polar surface area (TPSA) is 81.4 Å². The summed E-state index contributed by atoms with van der Waals surface area (Å²) in [5.74, 6) is 1.10. The van der Waals surface area contributed by atoms with Gasteiger partial charge in [0.2, 0.25) is 4.96 Å². The van der Waals surface area contributed by atoms with Crippen molar-refractivity contribution >= 4 is 38.7 Å². The number of aromatic nitrogens is 4. The van der Waals surface area contributed by atoms with Gasteiger partial charge in [-0.2, -0.15) is 9.61 Å². The molecule has 0 unspecified atom stereocenters. The second-order valence-electron chi connectivity index (χ2n) is 6.74. The van der Waals surface area contributed by atoms with E-state index in [4.69, 9.17) is 4.74 Å². The van der Waals surface area contributed by atoms with Crippen LogP contribution in [0.2, 0.25) is 0 Å². The summed E-state index contributed by atoms with van der Waals surface area (Å²) >= 11 is 1.44. The van der Waals surface area contributed by atoms with Crippen molar-refractivity contribution < 1.29 is 9.53 Å². The van der Waals surface area contributed by atoms with E-state index in [1.54, 1.807) is 11.6 Å². The lowest BCUT2D eigenvalue weighted by molar-refractivity contribution is 0.102. The Balaban J connectivity index is 1.53. The molecular formula is C22H17N5O2S. The quantitative estimate of drug-likeness (QED) is 0.465. The van der Waals surface area contributed by atoms with Gasteiger partial charge >= 0.3 is 0 Å². The largest absolute Gasteiger partial charge is 0.495 e. The van der Waals surface area contributed by atoms with E-state index in [9.17, 15) is 4.79 Å². The van der Waals surface area contributed by atoms with Crippen molar-refractivity contribution in [3.8, 4) is 16.3 Å². The Morgan fingerprint density at radius 2 is 1.90 bits per heavy atom. The highest BCUT2D eigenvalue weighted by Gasteiger charge is 2.16. The van der Waals surface area contributed by atoms with E-state index in [0.29, 0.717) is 17.0 Å². The smallest absolute Gasteiger partial charge is 0.256 e. The zero-order valence-corrected chi connectivity index (χ0v) is 17.1. The summed E-state index contributed by atoms with van der Waals surface area (Å²) in [4.78, 5) is 13.8. The van der Waals surface area contributed by atoms with Gasteiger partial charge in [0.1, 0.15) is 10.8 Å². The van der Waals surface area contributed by atoms with Gasteiger partial charge in [-0.15, -0.1) is 10.2 Å². The fourth-order valence-corrected chi connectivity index (χ4v) is 4.26. The monoisotopic (exact) mass is 415 g/mol. The molecule has 0 aliphatic carbocycles. The van der Waals surface area contributed by atoms with Crippen LogP contribution in [-0.2, 0) is 0 Å². The Bertz CT molecular complexity index is 1400. The van der Waals surface area contributed by atoms with Crippen LogP contribution in [0.15, 0.2) is 60.7 Å². The number of methoxy groups -OCH3 is 1. The van der Waals surface area contributed by atoms with Crippen LogP contribution >= 0.6 is 11.3 Å². The molecule has 1 amide bonds. The molecule has 0 radical (unpaired) electrons. The molecule has 0 aliphatic heterocycles. The maximum absolute atomic E-state index is 13.1. The number of amides is 1. The minimum atomic E-state index is -0.198. The van der Waals surface area contributed by atoms with Gasteiger partial charge in [0.25, 0.3) is 5.91 Å². The summed E-state index contributed by atoms with van der Waals surface area (Å²) in [6.07, 6.45) is 0. The van der Waals surface area contributed by atoms with Crippen molar-refractivity contribution in [3.05, 3.63) is 72.1 Å². The predicted octanol–water partition coefficient (Wildman–Crippen LogP) is 4.58. The first-order valence-corrected chi connectivity index (χ1v) is 10.1. The Morgan fingerprint density at radius 1 is 1.07 bits per heavy atom. The first kappa shape index (κ1) is 18.3. The molecule has 1 N–H and O–H groups in total. The minimum Gasteiger partial charge on any atom is -0.495 e. The van der Waals surface area contributed by atoms with Gasteiger partial charge < -0.3 is 10.1 Å². The maximum atomic E-state index is 13.1. The van der Waals surface area contributed by atoms with E-state index >= 15 is 0 Å². The van der Waals surface area contributed by atoms with Crippen LogP contribution in [0.4, 0.5) is 5.69 Å². The van der Waals surface area contributed by atoms with Crippen molar-refractivity contribution in [2.45, 2.75) is 6.92 Å². The van der Waals surface area contributed by atoms with Gasteiger partial charge in [-0.25, -0.2) is 0 Å². The Hall–Kier alpha value is -3.78. The molecule has 5 rings (SSSR count). The normalized spacial score (nSPS) is 11.1. The lowest BCUT2D eigenvalue weighted by Crippen LogP contribution is -2.13. The van der Waals surface area contributed by atoms with Gasteiger partial charge in [-0.3, -0.25) is 4.79 Å². The Kier molecular flexibility index (Phi) is 4.40. The molecular weight excluding hydrogens is 398 g/mol. The molecule has 3 aromatic carbocycles. The number of hydrogen-bond donors (Lipinski definition) is 1. The van der Waals surface area contributed by atoms with Crippen LogP contribution in [0.1, 0.15) is 16.2 Å². The minimum absolute atomic E-state index is 0.198. The van der Waals surface area contributed by atoms with Gasteiger partial charge in [0.15, 0.2) is 5.82 Å². The van der Waals surface area contributed by atoms with Crippen molar-refractivity contribution in [3.63, 3.8) is 0 Å². The molecule has 5 aromatic rings. The molecule has 0 saturated carbocycles. The van der Waals surface area contributed by atoms with E-state index in [-0.39, 0.29) is 5.91 Å². The van der Waals surface area contributed by atoms with Crippen LogP contribution < -0.4 is 10.1 Å². The molecule has 7 nitrogen and oxygen atoms in total. The van der Waals surface area contributed by atoms with Crippen molar-refractivity contribution in [2.24, 2.45) is 0 Å². The number of carbonyl (C=O) groups excluding carboxylic acids is 1. The zero-order chi connectivity index (χ0) is 20.7. The number of carbonyl (C=O) groups is 1. The third-order valence-corrected chi connectivity index (χ3v) is 5.82. The van der Waals surface area contributed by atoms with Crippen LogP contribution in [0.25, 0.3) is 26.3 Å². The van der Waals surface area contributed by atoms with E-state index < -0.39 is 0 Å². The second kappa shape index (κ2) is 7.23. The van der Waals surface area contributed by atoms with Crippen LogP contribution in [0.5, 0.6) is 5.75 Å². The molecule has 30 heavy (non-hydrogen) atoms. The fourth-order valence-electron chi connectivity index (χ4n) is 3.38. The van der Waals surface area contributed by atoms with Crippen molar-refractivity contribution in [2.75, 3.05) is 12.4 Å². The number of aryl methyl sites for hydroxylation is 1. The summed E-state index contributed by atoms with van der Waals surface area (Å²) in [6.45, 7) is 1.85. The number of anilines is 1. The van der Waals surface area contributed by atoms with E-state index in [1.807, 2.05) is 67.6 Å². The molecule has 0 saturated heterocycles. The third-order valence-electron chi connectivity index (χ3n) is 4.88. The molecule has 0 bridgehead atoms. The zero-order valence-electron chi connectivity index (χ0n) is 16.3. The average Bonchev–Trinajstić information content (AvgIpc) is 3.35. The van der Waals surface area contributed by atoms with Crippen LogP contribution in [0.3, 0.4) is 0 Å². The fraction of sp³-hybridized carbons (Fsp3) is 0.0909. The van der Waals surface area contributed by atoms with Gasteiger partial charge in [0, 0.05) is 11.1 Å². The Morgan fingerprint density at radius 3 is 2.73 bits per heavy atom. The van der Waals surface area contributed by atoms with Gasteiger partial charge in [-0.1, -0.05) is 47.7 Å². The SMILES string of the molecule is COc1ccc(-c2nn3c(C)nnc3s2)cc1NC(=O)c1cccc2ccccc12. The lowest BCUT2D eigenvalue weighted by Gasteiger charge is -2.12. The molecule has 2 aromatic heterocycles. The summed E-state index contributed by atoms with van der Waals surface area (Å²) < 4.78 is 7.17. The number of fused-ring (bicyclic) bond motifs is 2. The van der Waals surface area contributed by atoms with Crippen LogP contribution in [-0.4, -0.2) is 32.8 Å². The van der Waals surface area contributed by atoms with E-state index in [1.165, 1.54) is 11.3 Å². The summed E-state index contributed by atoms with van der Waals surface area (Å²) in [6, 6.07) is 19.1. The van der Waals surface area contributed by atoms with Gasteiger partial charge in [0.05, 0.1) is 12.8 Å². The predicted molar refractivity (Wildman–Crippen MR) is 117 cm³/mol. The second-order valence-corrected chi connectivity index (χ2v) is 7.70. The summed E-state index contributed by atoms with van der Waals surface area (Å²) in [7, 11) is 1.58. The summed E-state index contributed by atoms with van der Waals surface area (Å²) in [5.41, 5.74) is 2.05. The number of rotatable bonds is 4. The molecule has 2 heterocycles. The number of benzene rings is 3. The molecule has 0 aliphatic rings. The average molecular weight is 415 g/mol. The highest BCUT2D eigenvalue weighted by molar-refractivity contribution is 7.19. The number of hydrogen-bond acceptors (Lipinski definition) is 6. The lowest BCUT2D eigenvalue weighted by atomic mass is 10.0. The molecule has 0 spiro atoms. The number of nitrogens with one attached hydrogen (secondary N) is 1. The first-order chi connectivity index (χ1) is 14.6. The molecule has 0 atom stereocenters. The molecule has 8 heteroatoms. The number of nitrogens with zero attached hydrogens (tertiary/aromatic N) is 4. The third kappa shape index (κ3) is 3.07. The highest BCUT2D eigenvalue weighted by Crippen LogP contribution is 2.33. The highest BCUT2D eigenvalue weighted by atomic mass is 32.1. The molecule has 0 fully saturated rings.